The minimum Gasteiger partial charge on any atom is -0.485 e. The molecule has 5 rings (SSSR count). The van der Waals surface area contributed by atoms with Gasteiger partial charge in [-0.1, -0.05) is 12.1 Å². The summed E-state index contributed by atoms with van der Waals surface area (Å²) in [5, 5.41) is 56.3. The van der Waals surface area contributed by atoms with Crippen LogP contribution in [0.2, 0.25) is 0 Å². The molecule has 0 spiro atoms. The molecule has 0 aliphatic carbocycles. The number of hydrogen-bond donors (Lipinski definition) is 6. The second kappa shape index (κ2) is 22.9. The Morgan fingerprint density at radius 2 is 1.55 bits per heavy atom. The third-order valence-corrected chi connectivity index (χ3v) is 13.3. The zero-order valence-electron chi connectivity index (χ0n) is 33.2. The van der Waals surface area contributed by atoms with Crippen molar-refractivity contribution in [2.24, 2.45) is 5.92 Å². The van der Waals surface area contributed by atoms with Gasteiger partial charge in [0.2, 0.25) is 11.8 Å². The Bertz CT molecular complexity index is 1930. The first-order chi connectivity index (χ1) is 28.4. The Hall–Kier alpha value is -1.57. The third-order valence-electron chi connectivity index (χ3n) is 10.0. The molecule has 2 aromatic carbocycles. The zero-order valence-corrected chi connectivity index (χ0v) is 41.9. The van der Waals surface area contributed by atoms with E-state index in [1.54, 1.807) is 25.5 Å². The smallest absolute Gasteiger partial charge is 0.222 e. The number of amides is 2. The number of aryl methyl sites for hydroxylation is 1. The van der Waals surface area contributed by atoms with Crippen LogP contribution in [0.15, 0.2) is 30.5 Å². The molecular formula is C39H49I4N5O12. The second-order valence-electron chi connectivity index (χ2n) is 14.9. The average molecular weight is 1290 g/mol. The predicted octanol–water partition coefficient (Wildman–Crippen LogP) is 3.60. The number of aromatic nitrogens is 3. The molecule has 0 radical (unpaired) electrons. The number of aliphatic hydroxyl groups excluding tert-OH is 4. The normalized spacial score (nSPS) is 26.7. The second-order valence-corrected chi connectivity index (χ2v) is 19.5. The molecule has 2 amide bonds. The number of benzene rings is 2. The highest BCUT2D eigenvalue weighted by Gasteiger charge is 2.50. The number of ether oxygens (including phenoxy) is 5. The molecule has 0 saturated carbocycles. The summed E-state index contributed by atoms with van der Waals surface area (Å²) in [6.07, 6.45) is -5.90. The summed E-state index contributed by atoms with van der Waals surface area (Å²) in [5.41, 5.74) is 1.60. The van der Waals surface area contributed by atoms with Crippen LogP contribution in [-0.4, -0.2) is 121 Å². The van der Waals surface area contributed by atoms with Crippen molar-refractivity contribution in [3.63, 3.8) is 0 Å². The number of halogens is 4. The molecule has 17 nitrogen and oxygen atoms in total. The number of Topliss-reactive ketones (excluding diaryl/α,β-unsaturated/α-hetero) is 1. The van der Waals surface area contributed by atoms with Crippen molar-refractivity contribution in [3.8, 4) is 17.2 Å². The summed E-state index contributed by atoms with van der Waals surface area (Å²) in [7, 11) is 0. The Labute approximate surface area is 402 Å². The molecule has 10 atom stereocenters. The standard InChI is InChI=1S/C39H49I4N5O12/c1-18(50)9-22-10-25(40)37(26(41)11-22)58-24-12-27(42)36(28(43)13-24)56-17-23-15-48(47-46-23)8-6-5-7-44-31(52)14-29-19(2)33(53)35(55)39(59-29)60-38-32(45-21(4)51)20(3)57-30(16-49)34(38)54/h10-13,15,19-20,29-30,32-35,38-39,49,53-55H,5-9,14,16-17H2,1-4H3,(H,44,52)(H,45,51)/t19-,20+,29?,30?,32?,33+,34-,35?,38-,39+/m1/s1. The minimum absolute atomic E-state index is 0.106. The summed E-state index contributed by atoms with van der Waals surface area (Å²) >= 11 is 8.89. The van der Waals surface area contributed by atoms with Gasteiger partial charge in [0.15, 0.2) is 12.0 Å². The molecule has 330 valence electrons. The van der Waals surface area contributed by atoms with Crippen LogP contribution in [0.25, 0.3) is 0 Å². The van der Waals surface area contributed by atoms with Crippen LogP contribution in [0.3, 0.4) is 0 Å². The van der Waals surface area contributed by atoms with Gasteiger partial charge >= 0.3 is 0 Å². The van der Waals surface area contributed by atoms with Crippen LogP contribution in [0.4, 0.5) is 0 Å². The molecule has 4 unspecified atom stereocenters. The van der Waals surface area contributed by atoms with Crippen molar-refractivity contribution in [1.82, 2.24) is 25.6 Å². The van der Waals surface area contributed by atoms with Gasteiger partial charge in [0, 0.05) is 32.4 Å². The van der Waals surface area contributed by atoms with E-state index in [-0.39, 0.29) is 24.7 Å². The Morgan fingerprint density at radius 1 is 0.883 bits per heavy atom. The molecule has 0 bridgehead atoms. The van der Waals surface area contributed by atoms with Gasteiger partial charge in [-0.15, -0.1) is 5.10 Å². The monoisotopic (exact) mass is 1290 g/mol. The number of nitrogens with one attached hydrogen (secondary N) is 2. The van der Waals surface area contributed by atoms with Crippen molar-refractivity contribution >= 4 is 108 Å². The number of carbonyl (C=O) groups is 3. The van der Waals surface area contributed by atoms with Crippen LogP contribution in [-0.2, 0) is 48.2 Å². The van der Waals surface area contributed by atoms with E-state index in [9.17, 15) is 34.8 Å². The van der Waals surface area contributed by atoms with E-state index >= 15 is 0 Å². The molecule has 6 N–H and O–H groups in total. The first-order valence-corrected chi connectivity index (χ1v) is 23.6. The highest BCUT2D eigenvalue weighted by atomic mass is 127. The van der Waals surface area contributed by atoms with Crippen molar-refractivity contribution < 1.29 is 58.5 Å². The van der Waals surface area contributed by atoms with Crippen molar-refractivity contribution in [2.75, 3.05) is 13.2 Å². The van der Waals surface area contributed by atoms with Crippen molar-refractivity contribution in [2.45, 2.75) is 122 Å². The topological polar surface area (TPSA) is 233 Å². The molecular weight excluding hydrogens is 1240 g/mol. The van der Waals surface area contributed by atoms with Gasteiger partial charge in [0.25, 0.3) is 0 Å². The summed E-state index contributed by atoms with van der Waals surface area (Å²) in [4.78, 5) is 36.5. The van der Waals surface area contributed by atoms with Crippen LogP contribution in [0, 0.1) is 20.2 Å². The molecule has 60 heavy (non-hydrogen) atoms. The zero-order chi connectivity index (χ0) is 43.8. The largest absolute Gasteiger partial charge is 0.485 e. The van der Waals surface area contributed by atoms with Crippen LogP contribution >= 0.6 is 90.4 Å². The fraction of sp³-hybridized carbons (Fsp3) is 0.564. The number of carbonyl (C=O) groups excluding carboxylic acids is 3. The number of rotatable bonds is 18. The fourth-order valence-electron chi connectivity index (χ4n) is 6.94. The molecule has 3 heterocycles. The highest BCUT2D eigenvalue weighted by molar-refractivity contribution is 14.1. The van der Waals surface area contributed by atoms with Crippen LogP contribution in [0.5, 0.6) is 17.2 Å². The average Bonchev–Trinajstić information content (AvgIpc) is 3.63. The molecule has 1 aromatic heterocycles. The van der Waals surface area contributed by atoms with E-state index < -0.39 is 73.5 Å². The number of ketones is 1. The van der Waals surface area contributed by atoms with Gasteiger partial charge in [-0.05, 0) is 147 Å². The molecule has 2 aliphatic rings. The maximum Gasteiger partial charge on any atom is 0.222 e. The van der Waals surface area contributed by atoms with Crippen LogP contribution in [0.1, 0.15) is 58.2 Å². The van der Waals surface area contributed by atoms with Gasteiger partial charge in [-0.2, -0.15) is 0 Å². The lowest BCUT2D eigenvalue weighted by Crippen LogP contribution is -2.66. The number of unbranched alkanes of at least 4 members (excludes halogenated alkanes) is 1. The highest BCUT2D eigenvalue weighted by Crippen LogP contribution is 2.38. The van der Waals surface area contributed by atoms with Gasteiger partial charge in [-0.3, -0.25) is 19.1 Å². The molecule has 3 aromatic rings. The van der Waals surface area contributed by atoms with Crippen molar-refractivity contribution in [3.05, 3.63) is 56.0 Å². The number of aliphatic hydroxyl groups is 4. The fourth-order valence-corrected chi connectivity index (χ4v) is 11.1. The minimum atomic E-state index is -1.51. The maximum atomic E-state index is 13.0. The van der Waals surface area contributed by atoms with Gasteiger partial charge < -0.3 is 54.7 Å². The lowest BCUT2D eigenvalue weighted by molar-refractivity contribution is -0.320. The Balaban J connectivity index is 1.06. The summed E-state index contributed by atoms with van der Waals surface area (Å²) in [6.45, 7) is 6.82. The Morgan fingerprint density at radius 3 is 2.18 bits per heavy atom. The first kappa shape index (κ1) is 49.4. The maximum absolute atomic E-state index is 13.0. The third kappa shape index (κ3) is 13.2. The Kier molecular flexibility index (Phi) is 18.8. The van der Waals surface area contributed by atoms with E-state index in [0.29, 0.717) is 49.5 Å². The van der Waals surface area contributed by atoms with Crippen molar-refractivity contribution in [1.29, 1.82) is 0 Å². The molecule has 2 saturated heterocycles. The van der Waals surface area contributed by atoms with Gasteiger partial charge in [0.1, 0.15) is 54.0 Å². The van der Waals surface area contributed by atoms with Gasteiger partial charge in [0.05, 0.1) is 57.9 Å². The SMILES string of the molecule is CC(=O)Cc1cc(I)c(Oc2cc(I)c(OCc3cn(CCCCNC(=O)CC4O[C@@H](O[C@@H]5C(NC(C)=O)[C@H](C)OC(CO)[C@H]5O)C(O)[C@@H](O)[C@@H]4C)nn3)c(I)c2)c(I)c1. The van der Waals surface area contributed by atoms with Crippen LogP contribution < -0.4 is 20.1 Å². The predicted molar refractivity (Wildman–Crippen MR) is 249 cm³/mol. The summed E-state index contributed by atoms with van der Waals surface area (Å²) in [5.74, 6) is 0.853. The van der Waals surface area contributed by atoms with E-state index in [1.165, 1.54) is 6.92 Å². The molecule has 2 aliphatic heterocycles. The quantitative estimate of drug-likeness (QED) is 0.0790. The number of nitrogens with zero attached hydrogens (tertiary/aromatic N) is 3. The van der Waals surface area contributed by atoms with E-state index in [0.717, 1.165) is 25.6 Å². The lowest BCUT2D eigenvalue weighted by Gasteiger charge is -2.47. The lowest BCUT2D eigenvalue weighted by atomic mass is 9.88. The first-order valence-electron chi connectivity index (χ1n) is 19.3. The number of hydrogen-bond acceptors (Lipinski definition) is 14. The van der Waals surface area contributed by atoms with E-state index in [1.807, 2.05) is 30.5 Å². The van der Waals surface area contributed by atoms with Gasteiger partial charge in [-0.25, -0.2) is 0 Å². The van der Waals surface area contributed by atoms with E-state index in [2.05, 4.69) is 111 Å². The summed E-state index contributed by atoms with van der Waals surface area (Å²) in [6, 6.07) is 6.89. The molecule has 2 fully saturated rings. The summed E-state index contributed by atoms with van der Waals surface area (Å²) < 4.78 is 35.3. The molecule has 21 heteroatoms. The van der Waals surface area contributed by atoms with E-state index in [4.69, 9.17) is 23.7 Å².